The molecule has 0 fully saturated rings. The molecule has 0 aliphatic carbocycles. The third-order valence-corrected chi connectivity index (χ3v) is 7.85. The molecule has 0 N–H and O–H groups in total. The maximum Gasteiger partial charge on any atom is 0.249 e. The number of aromatic nitrogens is 4. The molecule has 0 radical (unpaired) electrons. The van der Waals surface area contributed by atoms with Crippen molar-refractivity contribution in [3.05, 3.63) is 34.6 Å². The van der Waals surface area contributed by atoms with Crippen LogP contribution >= 0.6 is 0 Å². The minimum absolute atomic E-state index is 0.0832. The fraction of sp³-hybridized carbons (Fsp3) is 0.350. The number of fused-ring (bicyclic) bond motifs is 2. The van der Waals surface area contributed by atoms with Crippen LogP contribution in [0.5, 0.6) is 0 Å². The smallest absolute Gasteiger partial charge is 0.249 e. The molecular formula is C20H22N4O4S2. The van der Waals surface area contributed by atoms with Crippen LogP contribution in [0.4, 0.5) is 0 Å². The normalized spacial score (nSPS) is 13.4. The molecule has 8 nitrogen and oxygen atoms in total. The van der Waals surface area contributed by atoms with E-state index in [0.717, 1.165) is 34.2 Å². The van der Waals surface area contributed by atoms with E-state index in [2.05, 4.69) is 9.97 Å². The second-order valence-electron chi connectivity index (χ2n) is 7.31. The van der Waals surface area contributed by atoms with Gasteiger partial charge in [-0.2, -0.15) is 5.10 Å². The van der Waals surface area contributed by atoms with Gasteiger partial charge in [0.15, 0.2) is 26.1 Å². The fourth-order valence-electron chi connectivity index (χ4n) is 3.48. The van der Waals surface area contributed by atoms with Crippen molar-refractivity contribution in [3.8, 4) is 11.6 Å². The highest BCUT2D eigenvalue weighted by molar-refractivity contribution is 7.90. The number of hydrogen-bond donors (Lipinski definition) is 0. The Balaban J connectivity index is 2.07. The number of rotatable bonds is 4. The summed E-state index contributed by atoms with van der Waals surface area (Å²) in [7, 11) is -4.79. The third kappa shape index (κ3) is 3.05. The summed E-state index contributed by atoms with van der Waals surface area (Å²) in [4.78, 5) is 8.97. The first kappa shape index (κ1) is 20.7. The maximum atomic E-state index is 13.0. The van der Waals surface area contributed by atoms with E-state index in [1.165, 1.54) is 12.3 Å². The Hall–Kier alpha value is -2.59. The Kier molecular flexibility index (Phi) is 4.81. The van der Waals surface area contributed by atoms with Crippen molar-refractivity contribution in [2.24, 2.45) is 0 Å². The van der Waals surface area contributed by atoms with Crippen molar-refractivity contribution in [1.82, 2.24) is 19.6 Å². The van der Waals surface area contributed by atoms with Gasteiger partial charge in [0.2, 0.25) is 5.89 Å². The lowest BCUT2D eigenvalue weighted by atomic mass is 10.0. The number of oxazole rings is 1. The second kappa shape index (κ2) is 6.98. The lowest BCUT2D eigenvalue weighted by Gasteiger charge is -2.12. The molecule has 0 spiro atoms. The number of pyridine rings is 2. The Bertz CT molecular complexity index is 1470. The predicted molar refractivity (Wildman–Crippen MR) is 115 cm³/mol. The first-order valence-corrected chi connectivity index (χ1v) is 12.6. The van der Waals surface area contributed by atoms with E-state index in [0.29, 0.717) is 27.4 Å². The highest BCUT2D eigenvalue weighted by Gasteiger charge is 2.27. The van der Waals surface area contributed by atoms with Crippen molar-refractivity contribution < 1.29 is 17.0 Å². The summed E-state index contributed by atoms with van der Waals surface area (Å²) in [6.07, 6.45) is 2.42. The van der Waals surface area contributed by atoms with Gasteiger partial charge >= 0.3 is 0 Å². The molecule has 10 heteroatoms. The summed E-state index contributed by atoms with van der Waals surface area (Å²) in [5.74, 6) is 0.604. The Morgan fingerprint density at radius 3 is 2.47 bits per heavy atom. The topological polar surface area (TPSA) is 107 Å². The summed E-state index contributed by atoms with van der Waals surface area (Å²) in [5, 5.41) is 4.63. The van der Waals surface area contributed by atoms with Crippen LogP contribution in [0.25, 0.3) is 28.2 Å². The van der Waals surface area contributed by atoms with Crippen LogP contribution in [0.3, 0.4) is 0 Å². The Morgan fingerprint density at radius 1 is 1.13 bits per heavy atom. The molecule has 4 heterocycles. The summed E-state index contributed by atoms with van der Waals surface area (Å²) < 4.78 is 44.3. The molecule has 0 aromatic carbocycles. The van der Waals surface area contributed by atoms with Gasteiger partial charge < -0.3 is 4.42 Å². The van der Waals surface area contributed by atoms with Gasteiger partial charge in [0.05, 0.1) is 27.4 Å². The monoisotopic (exact) mass is 446 g/mol. The zero-order valence-electron chi connectivity index (χ0n) is 17.6. The number of hydrogen-bond acceptors (Lipinski definition) is 7. The summed E-state index contributed by atoms with van der Waals surface area (Å²) in [5.41, 5.74) is 6.07. The zero-order valence-corrected chi connectivity index (χ0v) is 19.2. The van der Waals surface area contributed by atoms with Gasteiger partial charge in [-0.25, -0.2) is 22.9 Å². The van der Waals surface area contributed by atoms with Gasteiger partial charge in [-0.3, -0.25) is 4.21 Å². The molecule has 4 rings (SSSR count). The van der Waals surface area contributed by atoms with Gasteiger partial charge in [-0.05, 0) is 44.4 Å². The second-order valence-corrected chi connectivity index (χ2v) is 11.0. The van der Waals surface area contributed by atoms with Gasteiger partial charge in [0, 0.05) is 23.8 Å². The molecule has 4 aromatic rings. The van der Waals surface area contributed by atoms with E-state index >= 15 is 0 Å². The largest absolute Gasteiger partial charge is 0.433 e. The van der Waals surface area contributed by atoms with E-state index in [-0.39, 0.29) is 10.9 Å². The minimum Gasteiger partial charge on any atom is -0.433 e. The number of sulfone groups is 1. The van der Waals surface area contributed by atoms with Crippen LogP contribution in [0, 0.1) is 27.7 Å². The average molecular weight is 447 g/mol. The molecule has 0 amide bonds. The van der Waals surface area contributed by atoms with Gasteiger partial charge in [0.1, 0.15) is 5.52 Å². The van der Waals surface area contributed by atoms with Crippen LogP contribution in [-0.4, -0.2) is 44.2 Å². The van der Waals surface area contributed by atoms with Gasteiger partial charge in [-0.15, -0.1) is 0 Å². The number of aryl methyl sites for hydroxylation is 2. The van der Waals surface area contributed by atoms with E-state index in [4.69, 9.17) is 9.52 Å². The van der Waals surface area contributed by atoms with Crippen molar-refractivity contribution in [2.45, 2.75) is 44.5 Å². The quantitative estimate of drug-likeness (QED) is 0.473. The Labute approximate surface area is 176 Å². The molecule has 1 unspecified atom stereocenters. The van der Waals surface area contributed by atoms with Crippen LogP contribution in [0.15, 0.2) is 26.6 Å². The minimum atomic E-state index is -3.48. The zero-order chi connectivity index (χ0) is 22.0. The van der Waals surface area contributed by atoms with E-state index in [1.54, 1.807) is 4.52 Å². The molecule has 0 bridgehead atoms. The molecule has 30 heavy (non-hydrogen) atoms. The highest BCUT2D eigenvalue weighted by atomic mass is 32.2. The van der Waals surface area contributed by atoms with E-state index in [9.17, 15) is 12.6 Å². The molecule has 158 valence electrons. The highest BCUT2D eigenvalue weighted by Crippen LogP contribution is 2.35. The SMILES string of the molecule is CCS(=O)c1c(-c2nc3cc(S(C)(=O)=O)ncc3o2)nn2c(C)c(C)c(C)c(C)c12. The maximum absolute atomic E-state index is 13.0. The van der Waals surface area contributed by atoms with Crippen molar-refractivity contribution in [1.29, 1.82) is 0 Å². The van der Waals surface area contributed by atoms with E-state index < -0.39 is 20.6 Å². The van der Waals surface area contributed by atoms with Crippen LogP contribution in [0.2, 0.25) is 0 Å². The standard InChI is InChI=1S/C20H22N4O4S2/c1-7-29(25)19-17(23-24-13(5)11(3)10(2)12(4)18(19)24)20-22-14-8-16(30(6,26)27)21-9-15(14)28-20/h8-9H,7H2,1-6H3. The molecule has 0 saturated heterocycles. The lowest BCUT2D eigenvalue weighted by molar-refractivity contribution is 0.597. The Morgan fingerprint density at radius 2 is 1.83 bits per heavy atom. The molecular weight excluding hydrogens is 424 g/mol. The first-order chi connectivity index (χ1) is 14.0. The van der Waals surface area contributed by atoms with Crippen molar-refractivity contribution in [2.75, 3.05) is 12.0 Å². The molecule has 0 aliphatic rings. The predicted octanol–water partition coefficient (Wildman–Crippen LogP) is 3.30. The van der Waals surface area contributed by atoms with Crippen LogP contribution < -0.4 is 0 Å². The third-order valence-electron chi connectivity index (χ3n) is 5.51. The van der Waals surface area contributed by atoms with Crippen molar-refractivity contribution in [3.63, 3.8) is 0 Å². The summed E-state index contributed by atoms with van der Waals surface area (Å²) in [6, 6.07) is 1.37. The van der Waals surface area contributed by atoms with Crippen LogP contribution in [0.1, 0.15) is 29.3 Å². The van der Waals surface area contributed by atoms with Crippen molar-refractivity contribution >= 4 is 37.3 Å². The fourth-order valence-corrected chi connectivity index (χ4v) is 5.14. The molecule has 0 aliphatic heterocycles. The first-order valence-electron chi connectivity index (χ1n) is 9.39. The van der Waals surface area contributed by atoms with Gasteiger partial charge in [-0.1, -0.05) is 6.92 Å². The van der Waals surface area contributed by atoms with E-state index in [1.807, 2.05) is 34.6 Å². The van der Waals surface area contributed by atoms with Gasteiger partial charge in [0.25, 0.3) is 0 Å². The summed E-state index contributed by atoms with van der Waals surface area (Å²) >= 11 is 0. The molecule has 0 saturated carbocycles. The lowest BCUT2D eigenvalue weighted by Crippen LogP contribution is -2.03. The summed E-state index contributed by atoms with van der Waals surface area (Å²) in [6.45, 7) is 9.89. The van der Waals surface area contributed by atoms with Crippen LogP contribution in [-0.2, 0) is 20.6 Å². The molecule has 4 aromatic heterocycles. The number of nitrogens with zero attached hydrogens (tertiary/aromatic N) is 4. The average Bonchev–Trinajstić information content (AvgIpc) is 3.30. The molecule has 1 atom stereocenters.